The Morgan fingerprint density at radius 1 is 0.750 bits per heavy atom. The Balaban J connectivity index is 1.32. The predicted molar refractivity (Wildman–Crippen MR) is 147 cm³/mol. The molecule has 0 aliphatic rings. The third kappa shape index (κ3) is 5.85. The molecule has 178 valence electrons. The Hall–Kier alpha value is -4.29. The molecule has 0 saturated carbocycles. The highest BCUT2D eigenvalue weighted by Crippen LogP contribution is 2.37. The van der Waals surface area contributed by atoms with Crippen molar-refractivity contribution in [3.05, 3.63) is 127 Å². The molecule has 1 aromatic heterocycles. The summed E-state index contributed by atoms with van der Waals surface area (Å²) in [4.78, 5) is 30.0. The van der Waals surface area contributed by atoms with Gasteiger partial charge in [-0.3, -0.25) is 9.59 Å². The van der Waals surface area contributed by atoms with Gasteiger partial charge >= 0.3 is 0 Å². The molecule has 0 saturated heterocycles. The van der Waals surface area contributed by atoms with Gasteiger partial charge in [0.25, 0.3) is 0 Å². The van der Waals surface area contributed by atoms with Gasteiger partial charge in [0.2, 0.25) is 11.8 Å². The van der Waals surface area contributed by atoms with Crippen LogP contribution >= 0.6 is 11.8 Å². The van der Waals surface area contributed by atoms with E-state index in [4.69, 9.17) is 0 Å². The minimum absolute atomic E-state index is 0.0830. The van der Waals surface area contributed by atoms with Crippen molar-refractivity contribution < 1.29 is 9.59 Å². The maximum Gasteiger partial charge on any atom is 0.242 e. The molecule has 5 aromatic rings. The number of H-pyrrole nitrogens is 1. The average molecular weight is 492 g/mol. The standard InChI is InChI=1S/C30H25N3O2S/c34-28(18-21-8-3-1-4-9-21)32-24-12-7-13-26(19-24)36-29(23-10-5-2-6-11-23)30(35)33-25-15-14-22-16-17-31-27(22)20-25/h1-17,19-20,29,31H,18H2,(H,32,34)(H,33,35). The van der Waals surface area contributed by atoms with Crippen LogP contribution < -0.4 is 10.6 Å². The summed E-state index contributed by atoms with van der Waals surface area (Å²) >= 11 is 1.45. The number of hydrogen-bond acceptors (Lipinski definition) is 3. The number of carbonyl (C=O) groups is 2. The highest BCUT2D eigenvalue weighted by Gasteiger charge is 2.22. The second-order valence-electron chi connectivity index (χ2n) is 8.42. The Kier molecular flexibility index (Phi) is 7.15. The number of carbonyl (C=O) groups excluding carboxylic acids is 2. The molecule has 36 heavy (non-hydrogen) atoms. The molecule has 0 aliphatic heterocycles. The molecule has 2 amide bonds. The summed E-state index contributed by atoms with van der Waals surface area (Å²) in [5, 5.41) is 6.66. The second kappa shape index (κ2) is 11.0. The lowest BCUT2D eigenvalue weighted by Gasteiger charge is -2.18. The summed E-state index contributed by atoms with van der Waals surface area (Å²) in [5.41, 5.74) is 4.26. The number of aromatic amines is 1. The van der Waals surface area contributed by atoms with Crippen LogP contribution in [0.2, 0.25) is 0 Å². The van der Waals surface area contributed by atoms with Gasteiger partial charge in [0.05, 0.1) is 6.42 Å². The molecule has 5 nitrogen and oxygen atoms in total. The number of amides is 2. The maximum absolute atomic E-state index is 13.4. The van der Waals surface area contributed by atoms with E-state index >= 15 is 0 Å². The van der Waals surface area contributed by atoms with E-state index < -0.39 is 5.25 Å². The van der Waals surface area contributed by atoms with E-state index in [-0.39, 0.29) is 11.8 Å². The number of nitrogens with one attached hydrogen (secondary N) is 3. The van der Waals surface area contributed by atoms with Crippen molar-refractivity contribution in [2.24, 2.45) is 0 Å². The van der Waals surface area contributed by atoms with Gasteiger partial charge in [0, 0.05) is 28.0 Å². The summed E-state index contributed by atoms with van der Waals surface area (Å²) in [6.45, 7) is 0. The molecule has 6 heteroatoms. The van der Waals surface area contributed by atoms with Gasteiger partial charge in [0.1, 0.15) is 5.25 Å². The van der Waals surface area contributed by atoms with Gasteiger partial charge in [-0.25, -0.2) is 0 Å². The van der Waals surface area contributed by atoms with Crippen molar-refractivity contribution in [2.75, 3.05) is 10.6 Å². The molecule has 5 rings (SSSR count). The molecule has 4 aromatic carbocycles. The van der Waals surface area contributed by atoms with Crippen molar-refractivity contribution in [1.29, 1.82) is 0 Å². The van der Waals surface area contributed by atoms with Crippen LogP contribution in [0.25, 0.3) is 10.9 Å². The second-order valence-corrected chi connectivity index (χ2v) is 9.59. The first-order chi connectivity index (χ1) is 17.6. The molecule has 0 fully saturated rings. The van der Waals surface area contributed by atoms with Crippen molar-refractivity contribution in [3.8, 4) is 0 Å². The van der Waals surface area contributed by atoms with E-state index in [0.717, 1.165) is 32.6 Å². The fourth-order valence-electron chi connectivity index (χ4n) is 4.00. The number of benzene rings is 4. The average Bonchev–Trinajstić information content (AvgIpc) is 3.36. The third-order valence-corrected chi connectivity index (χ3v) is 6.99. The van der Waals surface area contributed by atoms with Gasteiger partial charge in [-0.2, -0.15) is 0 Å². The molecule has 0 bridgehead atoms. The Bertz CT molecular complexity index is 1480. The summed E-state index contributed by atoms with van der Waals surface area (Å²) < 4.78 is 0. The van der Waals surface area contributed by atoms with Gasteiger partial charge < -0.3 is 15.6 Å². The van der Waals surface area contributed by atoms with Crippen LogP contribution in [-0.2, 0) is 16.0 Å². The highest BCUT2D eigenvalue weighted by atomic mass is 32.2. The predicted octanol–water partition coefficient (Wildman–Crippen LogP) is 6.82. The van der Waals surface area contributed by atoms with Crippen molar-refractivity contribution in [2.45, 2.75) is 16.6 Å². The quantitative estimate of drug-likeness (QED) is 0.209. The highest BCUT2D eigenvalue weighted by molar-refractivity contribution is 8.00. The fourth-order valence-corrected chi connectivity index (χ4v) is 5.09. The van der Waals surface area contributed by atoms with Gasteiger partial charge in [-0.05, 0) is 52.9 Å². The van der Waals surface area contributed by atoms with E-state index in [1.54, 1.807) is 0 Å². The van der Waals surface area contributed by atoms with Gasteiger partial charge in [0.15, 0.2) is 0 Å². The van der Waals surface area contributed by atoms with E-state index in [1.807, 2.05) is 115 Å². The Labute approximate surface area is 213 Å². The van der Waals surface area contributed by atoms with E-state index in [2.05, 4.69) is 15.6 Å². The van der Waals surface area contributed by atoms with Crippen molar-refractivity contribution in [1.82, 2.24) is 4.98 Å². The number of rotatable bonds is 8. The topological polar surface area (TPSA) is 74.0 Å². The molecule has 1 heterocycles. The summed E-state index contributed by atoms with van der Waals surface area (Å²) in [5.74, 6) is -0.198. The Morgan fingerprint density at radius 2 is 1.50 bits per heavy atom. The van der Waals surface area contributed by atoms with Crippen molar-refractivity contribution in [3.63, 3.8) is 0 Å². The van der Waals surface area contributed by atoms with Crippen LogP contribution in [0.15, 0.2) is 120 Å². The van der Waals surface area contributed by atoms with Crippen LogP contribution in [0.5, 0.6) is 0 Å². The molecule has 1 unspecified atom stereocenters. The lowest BCUT2D eigenvalue weighted by Crippen LogP contribution is -2.19. The van der Waals surface area contributed by atoms with Gasteiger partial charge in [-0.15, -0.1) is 11.8 Å². The number of fused-ring (bicyclic) bond motifs is 1. The lowest BCUT2D eigenvalue weighted by atomic mass is 10.1. The van der Waals surface area contributed by atoms with E-state index in [0.29, 0.717) is 12.1 Å². The van der Waals surface area contributed by atoms with Crippen LogP contribution in [0.1, 0.15) is 16.4 Å². The molecule has 0 spiro atoms. The molecule has 0 radical (unpaired) electrons. The minimum Gasteiger partial charge on any atom is -0.361 e. The summed E-state index contributed by atoms with van der Waals surface area (Å²) in [6.07, 6.45) is 2.18. The zero-order chi connectivity index (χ0) is 24.7. The third-order valence-electron chi connectivity index (χ3n) is 5.74. The Morgan fingerprint density at radius 3 is 2.31 bits per heavy atom. The number of aromatic nitrogens is 1. The van der Waals surface area contributed by atoms with Crippen molar-refractivity contribution >= 4 is 45.9 Å². The number of thioether (sulfide) groups is 1. The minimum atomic E-state index is -0.471. The van der Waals surface area contributed by atoms with E-state index in [9.17, 15) is 9.59 Å². The fraction of sp³-hybridized carbons (Fsp3) is 0.0667. The monoisotopic (exact) mass is 491 g/mol. The molecular formula is C30H25N3O2S. The molecule has 0 aliphatic carbocycles. The molecule has 1 atom stereocenters. The van der Waals surface area contributed by atoms with E-state index in [1.165, 1.54) is 11.8 Å². The maximum atomic E-state index is 13.4. The van der Waals surface area contributed by atoms with Crippen LogP contribution in [0.4, 0.5) is 11.4 Å². The van der Waals surface area contributed by atoms with Crippen LogP contribution in [0.3, 0.4) is 0 Å². The first-order valence-corrected chi connectivity index (χ1v) is 12.6. The zero-order valence-electron chi connectivity index (χ0n) is 19.5. The number of hydrogen-bond donors (Lipinski definition) is 3. The SMILES string of the molecule is O=C(Cc1ccccc1)Nc1cccc(SC(C(=O)Nc2ccc3cc[nH]c3c2)c2ccccc2)c1. The summed E-state index contributed by atoms with van der Waals surface area (Å²) in [6, 6.07) is 34.8. The first-order valence-electron chi connectivity index (χ1n) is 11.7. The first kappa shape index (κ1) is 23.5. The zero-order valence-corrected chi connectivity index (χ0v) is 20.3. The normalized spacial score (nSPS) is 11.7. The lowest BCUT2D eigenvalue weighted by molar-refractivity contribution is -0.116. The van der Waals surface area contributed by atoms with Gasteiger partial charge in [-0.1, -0.05) is 72.8 Å². The molecule has 3 N–H and O–H groups in total. The number of anilines is 2. The molecular weight excluding hydrogens is 466 g/mol. The summed E-state index contributed by atoms with van der Waals surface area (Å²) in [7, 11) is 0. The van der Waals surface area contributed by atoms with Crippen LogP contribution in [0, 0.1) is 0 Å². The largest absolute Gasteiger partial charge is 0.361 e. The smallest absolute Gasteiger partial charge is 0.242 e. The van der Waals surface area contributed by atoms with Crippen LogP contribution in [-0.4, -0.2) is 16.8 Å².